The van der Waals surface area contributed by atoms with Crippen molar-refractivity contribution in [3.05, 3.63) is 0 Å². The van der Waals surface area contributed by atoms with Crippen LogP contribution >= 0.6 is 0 Å². The topological polar surface area (TPSA) is 163 Å². The van der Waals surface area contributed by atoms with Crippen LogP contribution in [0, 0.1) is 11.8 Å². The third-order valence-corrected chi connectivity index (χ3v) is 15.6. The van der Waals surface area contributed by atoms with Gasteiger partial charge in [0, 0.05) is 56.4 Å². The van der Waals surface area contributed by atoms with Gasteiger partial charge in [0.15, 0.2) is 0 Å². The van der Waals surface area contributed by atoms with Crippen molar-refractivity contribution in [2.45, 2.75) is 183 Å². The van der Waals surface area contributed by atoms with Gasteiger partial charge in [-0.15, -0.1) is 0 Å². The Bertz CT molecular complexity index is 1560. The summed E-state index contributed by atoms with van der Waals surface area (Å²) in [4.78, 5) is 66.9. The summed E-state index contributed by atoms with van der Waals surface area (Å²) in [6.07, 6.45) is 7.81. The lowest BCUT2D eigenvalue weighted by molar-refractivity contribution is -0.138. The summed E-state index contributed by atoms with van der Waals surface area (Å²) < 4.78 is 13.8. The number of piperidine rings is 6. The molecule has 5 N–H and O–H groups in total. The second-order valence-electron chi connectivity index (χ2n) is 18.7. The normalized spacial score (nSPS) is 47.5. The van der Waals surface area contributed by atoms with E-state index in [-0.39, 0.29) is 109 Å². The zero-order valence-corrected chi connectivity index (χ0v) is 33.4. The second kappa shape index (κ2) is 15.0. The van der Waals surface area contributed by atoms with Gasteiger partial charge in [0.25, 0.3) is 0 Å². The molecular weight excluding hydrogens is 717 g/mol. The molecule has 310 valence electrons. The smallest absolute Gasteiger partial charge is 0.323 e. The van der Waals surface area contributed by atoms with E-state index in [9.17, 15) is 14.4 Å². The minimum atomic E-state index is -0.232. The first kappa shape index (κ1) is 37.8. The maximum absolute atomic E-state index is 15.3. The fraction of sp³-hybridized carbons (Fsp3) is 0.900. The van der Waals surface area contributed by atoms with E-state index in [0.29, 0.717) is 50.6 Å². The Balaban J connectivity index is 0.975. The van der Waals surface area contributed by atoms with Gasteiger partial charge in [-0.05, 0) is 98.1 Å². The molecular formula is C40H64N10O6. The van der Waals surface area contributed by atoms with Crippen LogP contribution in [0.3, 0.4) is 0 Å². The Morgan fingerprint density at radius 2 is 1.23 bits per heavy atom. The summed E-state index contributed by atoms with van der Waals surface area (Å²) in [7, 11) is 0. The fourth-order valence-electron chi connectivity index (χ4n) is 12.7. The van der Waals surface area contributed by atoms with Crippen LogP contribution in [-0.2, 0) is 19.1 Å². The summed E-state index contributed by atoms with van der Waals surface area (Å²) in [6, 6.07) is -0.135. The minimum Gasteiger partial charge on any atom is -0.373 e. The maximum Gasteiger partial charge on any atom is 0.323 e. The Hall–Kier alpha value is -2.44. The van der Waals surface area contributed by atoms with E-state index >= 15 is 4.79 Å². The van der Waals surface area contributed by atoms with Crippen LogP contribution in [0.25, 0.3) is 0 Å². The van der Waals surface area contributed by atoms with Crippen molar-refractivity contribution in [1.29, 1.82) is 0 Å². The molecule has 4 bridgehead atoms. The monoisotopic (exact) mass is 781 g/mol. The summed E-state index contributed by atoms with van der Waals surface area (Å²) in [5, 5.41) is 18.2. The molecule has 16 nitrogen and oxygen atoms in total. The minimum absolute atomic E-state index is 0.0113. The van der Waals surface area contributed by atoms with E-state index in [1.54, 1.807) is 0 Å². The summed E-state index contributed by atoms with van der Waals surface area (Å²) in [5.74, 6) is 0.416. The molecule has 10 rings (SSSR count). The molecule has 16 atom stereocenters. The third-order valence-electron chi connectivity index (χ3n) is 15.6. The molecule has 0 aromatic carbocycles. The highest BCUT2D eigenvalue weighted by Gasteiger charge is 2.58. The van der Waals surface area contributed by atoms with E-state index in [1.807, 2.05) is 4.90 Å². The Morgan fingerprint density at radius 1 is 0.625 bits per heavy atom. The van der Waals surface area contributed by atoms with Crippen LogP contribution in [-0.4, -0.2) is 166 Å². The first-order chi connectivity index (χ1) is 27.1. The van der Waals surface area contributed by atoms with Crippen molar-refractivity contribution in [2.75, 3.05) is 32.7 Å². The molecule has 0 radical (unpaired) electrons. The Labute approximate surface area is 330 Å². The van der Waals surface area contributed by atoms with E-state index in [4.69, 9.17) is 9.47 Å². The summed E-state index contributed by atoms with van der Waals surface area (Å²) in [6.45, 7) is 10.00. The predicted octanol–water partition coefficient (Wildman–Crippen LogP) is 0.871. The lowest BCUT2D eigenvalue weighted by Crippen LogP contribution is -2.70. The van der Waals surface area contributed by atoms with Gasteiger partial charge >= 0.3 is 12.1 Å². The lowest BCUT2D eigenvalue weighted by atomic mass is 9.83. The average Bonchev–Trinajstić information content (AvgIpc) is 3.68. The first-order valence-corrected chi connectivity index (χ1v) is 22.2. The van der Waals surface area contributed by atoms with E-state index in [2.05, 4.69) is 67.0 Å². The van der Waals surface area contributed by atoms with Crippen molar-refractivity contribution in [3.63, 3.8) is 0 Å². The highest BCUT2D eigenvalue weighted by Crippen LogP contribution is 2.40. The molecule has 0 spiro atoms. The highest BCUT2D eigenvalue weighted by molar-refractivity contribution is 5.84. The Kier molecular flexibility index (Phi) is 10.1. The number of hydrogen-bond acceptors (Lipinski definition) is 12. The first-order valence-electron chi connectivity index (χ1n) is 22.2. The van der Waals surface area contributed by atoms with Crippen LogP contribution in [0.15, 0.2) is 0 Å². The number of amides is 4. The number of urea groups is 2. The zero-order chi connectivity index (χ0) is 38.4. The molecule has 10 saturated heterocycles. The van der Waals surface area contributed by atoms with Crippen LogP contribution in [0.2, 0.25) is 0 Å². The Morgan fingerprint density at radius 3 is 1.95 bits per heavy atom. The van der Waals surface area contributed by atoms with Crippen molar-refractivity contribution in [2.24, 2.45) is 11.8 Å². The van der Waals surface area contributed by atoms with Gasteiger partial charge in [-0.2, -0.15) is 0 Å². The molecule has 0 aromatic heterocycles. The van der Waals surface area contributed by atoms with Gasteiger partial charge in [0.05, 0.1) is 61.2 Å². The molecule has 4 amide bonds. The lowest BCUT2D eigenvalue weighted by Gasteiger charge is -2.52. The average molecular weight is 781 g/mol. The molecule has 10 aliphatic heterocycles. The number of nitrogens with zero attached hydrogens (tertiary/aromatic N) is 5. The highest BCUT2D eigenvalue weighted by atomic mass is 16.5. The number of hydrogen-bond donors (Lipinski definition) is 5. The molecule has 10 fully saturated rings. The van der Waals surface area contributed by atoms with E-state index in [1.165, 1.54) is 0 Å². The van der Waals surface area contributed by atoms with Gasteiger partial charge in [-0.25, -0.2) is 9.59 Å². The molecule has 0 saturated carbocycles. The number of nitrogens with one attached hydrogen (secondary N) is 5. The van der Waals surface area contributed by atoms with Crippen LogP contribution in [0.1, 0.15) is 97.8 Å². The number of carbonyl (C=O) groups is 4. The number of Topliss-reactive ketones (excluding diaryl/α,β-unsaturated/α-hetero) is 2. The van der Waals surface area contributed by atoms with Gasteiger partial charge in [-0.1, -0.05) is 0 Å². The largest absolute Gasteiger partial charge is 0.373 e. The molecule has 10 aliphatic rings. The van der Waals surface area contributed by atoms with Crippen LogP contribution < -0.4 is 26.6 Å². The van der Waals surface area contributed by atoms with Crippen molar-refractivity contribution in [1.82, 2.24) is 51.1 Å². The van der Waals surface area contributed by atoms with Crippen molar-refractivity contribution in [3.8, 4) is 0 Å². The number of carbonyl (C=O) groups excluding carboxylic acids is 4. The molecule has 10 heterocycles. The molecule has 16 heteroatoms. The number of fused-ring (bicyclic) bond motifs is 4. The van der Waals surface area contributed by atoms with Gasteiger partial charge in [-0.3, -0.25) is 45.6 Å². The number of rotatable bonds is 2. The van der Waals surface area contributed by atoms with E-state index < -0.39 is 0 Å². The second-order valence-corrected chi connectivity index (χ2v) is 18.7. The maximum atomic E-state index is 15.3. The zero-order valence-electron chi connectivity index (χ0n) is 33.4. The van der Waals surface area contributed by atoms with Gasteiger partial charge < -0.3 is 24.6 Å². The number of ether oxygens (including phenoxy) is 2. The third kappa shape index (κ3) is 6.40. The van der Waals surface area contributed by atoms with Crippen molar-refractivity contribution < 1.29 is 28.7 Å². The standard InChI is InChI=1S/C40H64N10O6/c1-21-4-5-22(2)56-30-13-17-42-38-34(30)50(32-11-9-25-27(51)14-18-46(21)36(25)44-32)40(54)48(38)20-24-7-6-23(3)55-29-12-16-41-35-33(29)49(39(53)45-35)31-10-8-26-28(52)15-19-47(24)37(26)43-31/h21-26,29-38,41-44H,4-20H2,1-3H3,(H,45,53)/t21-,22-,23+,24+,25?,26?,29?,30?,31?,32?,33?,34?,35?,36?,37?,38?/m1/s1. The fourth-order valence-corrected chi connectivity index (χ4v) is 12.7. The van der Waals surface area contributed by atoms with Crippen molar-refractivity contribution >= 4 is 23.6 Å². The molecule has 0 aliphatic carbocycles. The molecule has 12 unspecified atom stereocenters. The molecule has 56 heavy (non-hydrogen) atoms. The molecule has 0 aromatic rings. The number of ketones is 2. The van der Waals surface area contributed by atoms with Crippen LogP contribution in [0.4, 0.5) is 9.59 Å². The quantitative estimate of drug-likeness (QED) is 0.270. The van der Waals surface area contributed by atoms with Crippen LogP contribution in [0.5, 0.6) is 0 Å². The van der Waals surface area contributed by atoms with Gasteiger partial charge in [0.1, 0.15) is 23.9 Å². The summed E-state index contributed by atoms with van der Waals surface area (Å²) in [5.41, 5.74) is 0. The van der Waals surface area contributed by atoms with E-state index in [0.717, 1.165) is 71.0 Å². The van der Waals surface area contributed by atoms with Gasteiger partial charge in [0.2, 0.25) is 0 Å². The summed E-state index contributed by atoms with van der Waals surface area (Å²) >= 11 is 0. The predicted molar refractivity (Wildman–Crippen MR) is 205 cm³/mol. The SMILES string of the molecule is C[C@@H]1CC[C@@H](C)N2CCC(=O)C3CCC(NC32)N2C(=O)N(C[C@@H]3CC[C@H](C)OC4CCNC5NC(=O)N(C6CCC7C(=O)CCN3C7N6)C54)C3NCCC(O1)C32.